The minimum absolute atomic E-state index is 0.314. The fourth-order valence-corrected chi connectivity index (χ4v) is 1.63. The van der Waals surface area contributed by atoms with Crippen molar-refractivity contribution in [2.45, 2.75) is 6.54 Å². The van der Waals surface area contributed by atoms with E-state index in [1.54, 1.807) is 17.2 Å². The Morgan fingerprint density at radius 1 is 1.24 bits per heavy atom. The average Bonchev–Trinajstić information content (AvgIpc) is 2.32. The predicted octanol–water partition coefficient (Wildman–Crippen LogP) is 2.44. The molecule has 0 saturated heterocycles. The standard InChI is InChI=1S/C13H14FN3/c1-17(13-12(14)3-2-8-16-13)9-10-4-6-11(15)7-5-10/h2-8H,9,15H2,1H3. The Kier molecular flexibility index (Phi) is 3.23. The van der Waals surface area contributed by atoms with Gasteiger partial charge in [0.15, 0.2) is 11.6 Å². The Morgan fingerprint density at radius 3 is 2.59 bits per heavy atom. The van der Waals surface area contributed by atoms with Gasteiger partial charge in [0.2, 0.25) is 0 Å². The molecule has 0 aliphatic carbocycles. The van der Waals surface area contributed by atoms with E-state index in [2.05, 4.69) is 4.98 Å². The van der Waals surface area contributed by atoms with E-state index in [4.69, 9.17) is 5.73 Å². The number of aromatic nitrogens is 1. The average molecular weight is 231 g/mol. The fourth-order valence-electron chi connectivity index (χ4n) is 1.63. The molecule has 0 fully saturated rings. The summed E-state index contributed by atoms with van der Waals surface area (Å²) in [5.74, 6) is 0.0368. The zero-order valence-electron chi connectivity index (χ0n) is 9.60. The Bertz CT molecular complexity index is 496. The van der Waals surface area contributed by atoms with Crippen LogP contribution in [0.5, 0.6) is 0 Å². The molecule has 4 heteroatoms. The summed E-state index contributed by atoms with van der Waals surface area (Å²) in [6, 6.07) is 10.5. The third kappa shape index (κ3) is 2.72. The van der Waals surface area contributed by atoms with Gasteiger partial charge in [0.05, 0.1) is 0 Å². The molecular formula is C13H14FN3. The first-order valence-corrected chi connectivity index (χ1v) is 5.33. The third-order valence-electron chi connectivity index (χ3n) is 2.50. The second-order valence-electron chi connectivity index (χ2n) is 3.91. The molecule has 1 heterocycles. The van der Waals surface area contributed by atoms with Crippen molar-refractivity contribution in [1.82, 2.24) is 4.98 Å². The molecule has 0 radical (unpaired) electrons. The van der Waals surface area contributed by atoms with Gasteiger partial charge in [0.25, 0.3) is 0 Å². The molecule has 88 valence electrons. The highest BCUT2D eigenvalue weighted by Crippen LogP contribution is 2.16. The van der Waals surface area contributed by atoms with E-state index < -0.39 is 0 Å². The molecular weight excluding hydrogens is 217 g/mol. The summed E-state index contributed by atoms with van der Waals surface area (Å²) in [6.07, 6.45) is 1.58. The third-order valence-corrected chi connectivity index (χ3v) is 2.50. The first-order chi connectivity index (χ1) is 8.16. The highest BCUT2D eigenvalue weighted by Gasteiger charge is 2.08. The summed E-state index contributed by atoms with van der Waals surface area (Å²) < 4.78 is 13.5. The summed E-state index contributed by atoms with van der Waals surface area (Å²) in [5.41, 5.74) is 7.39. The molecule has 17 heavy (non-hydrogen) atoms. The number of anilines is 2. The summed E-state index contributed by atoms with van der Waals surface area (Å²) in [5, 5.41) is 0. The van der Waals surface area contributed by atoms with E-state index in [1.807, 2.05) is 31.3 Å². The molecule has 0 aliphatic rings. The zero-order valence-corrected chi connectivity index (χ0v) is 9.60. The van der Waals surface area contributed by atoms with Crippen LogP contribution in [0.4, 0.5) is 15.9 Å². The minimum Gasteiger partial charge on any atom is -0.399 e. The number of halogens is 1. The molecule has 2 rings (SSSR count). The van der Waals surface area contributed by atoms with Gasteiger partial charge in [-0.25, -0.2) is 9.37 Å². The number of nitrogens with two attached hydrogens (primary N) is 1. The van der Waals surface area contributed by atoms with Gasteiger partial charge >= 0.3 is 0 Å². The van der Waals surface area contributed by atoms with Crippen molar-refractivity contribution >= 4 is 11.5 Å². The van der Waals surface area contributed by atoms with Gasteiger partial charge in [-0.2, -0.15) is 0 Å². The molecule has 1 aromatic carbocycles. The molecule has 2 N–H and O–H groups in total. The highest BCUT2D eigenvalue weighted by molar-refractivity contribution is 5.43. The summed E-state index contributed by atoms with van der Waals surface area (Å²) >= 11 is 0. The largest absolute Gasteiger partial charge is 0.399 e. The molecule has 0 amide bonds. The molecule has 0 spiro atoms. The number of hydrogen-bond acceptors (Lipinski definition) is 3. The van der Waals surface area contributed by atoms with E-state index in [0.29, 0.717) is 12.4 Å². The van der Waals surface area contributed by atoms with Crippen molar-refractivity contribution in [2.24, 2.45) is 0 Å². The van der Waals surface area contributed by atoms with E-state index in [1.165, 1.54) is 6.07 Å². The Morgan fingerprint density at radius 2 is 1.94 bits per heavy atom. The molecule has 1 aromatic heterocycles. The van der Waals surface area contributed by atoms with Crippen LogP contribution >= 0.6 is 0 Å². The number of pyridine rings is 1. The van der Waals surface area contributed by atoms with Crippen molar-refractivity contribution in [3.8, 4) is 0 Å². The fraction of sp³-hybridized carbons (Fsp3) is 0.154. The maximum atomic E-state index is 13.5. The van der Waals surface area contributed by atoms with Gasteiger partial charge in [0.1, 0.15) is 0 Å². The lowest BCUT2D eigenvalue weighted by Crippen LogP contribution is -2.18. The smallest absolute Gasteiger partial charge is 0.165 e. The van der Waals surface area contributed by atoms with Crippen molar-refractivity contribution in [2.75, 3.05) is 17.7 Å². The predicted molar refractivity (Wildman–Crippen MR) is 67.2 cm³/mol. The van der Waals surface area contributed by atoms with Crippen LogP contribution in [0.15, 0.2) is 42.6 Å². The highest BCUT2D eigenvalue weighted by atomic mass is 19.1. The van der Waals surface area contributed by atoms with Crippen LogP contribution in [0.1, 0.15) is 5.56 Å². The maximum Gasteiger partial charge on any atom is 0.165 e. The van der Waals surface area contributed by atoms with Gasteiger partial charge in [-0.3, -0.25) is 0 Å². The molecule has 0 aliphatic heterocycles. The number of nitrogens with zero attached hydrogens (tertiary/aromatic N) is 2. The van der Waals surface area contributed by atoms with Gasteiger partial charge < -0.3 is 10.6 Å². The summed E-state index contributed by atoms with van der Waals surface area (Å²) in [6.45, 7) is 0.591. The van der Waals surface area contributed by atoms with Crippen LogP contribution in [-0.2, 0) is 6.54 Å². The van der Waals surface area contributed by atoms with Gasteiger partial charge in [-0.05, 0) is 29.8 Å². The Labute approximate surface area is 99.7 Å². The Balaban J connectivity index is 2.14. The van der Waals surface area contributed by atoms with Crippen LogP contribution in [-0.4, -0.2) is 12.0 Å². The summed E-state index contributed by atoms with van der Waals surface area (Å²) in [4.78, 5) is 5.78. The van der Waals surface area contributed by atoms with Crippen LogP contribution in [0.2, 0.25) is 0 Å². The lowest BCUT2D eigenvalue weighted by Gasteiger charge is -2.18. The maximum absolute atomic E-state index is 13.5. The van der Waals surface area contributed by atoms with E-state index in [9.17, 15) is 4.39 Å². The monoisotopic (exact) mass is 231 g/mol. The zero-order chi connectivity index (χ0) is 12.3. The van der Waals surface area contributed by atoms with E-state index in [0.717, 1.165) is 11.3 Å². The van der Waals surface area contributed by atoms with Crippen molar-refractivity contribution in [3.05, 3.63) is 54.0 Å². The van der Waals surface area contributed by atoms with Gasteiger partial charge in [0, 0.05) is 25.5 Å². The number of rotatable bonds is 3. The van der Waals surface area contributed by atoms with Crippen LogP contribution in [0, 0.1) is 5.82 Å². The normalized spacial score (nSPS) is 10.2. The van der Waals surface area contributed by atoms with Crippen molar-refractivity contribution < 1.29 is 4.39 Å². The lowest BCUT2D eigenvalue weighted by atomic mass is 10.2. The molecule has 0 saturated carbocycles. The quantitative estimate of drug-likeness (QED) is 0.825. The van der Waals surface area contributed by atoms with Crippen LogP contribution in [0.3, 0.4) is 0 Å². The molecule has 0 unspecified atom stereocenters. The number of nitrogen functional groups attached to an aromatic ring is 1. The van der Waals surface area contributed by atoms with Crippen LogP contribution < -0.4 is 10.6 Å². The lowest BCUT2D eigenvalue weighted by molar-refractivity contribution is 0.615. The molecule has 3 nitrogen and oxygen atoms in total. The number of hydrogen-bond donors (Lipinski definition) is 1. The van der Waals surface area contributed by atoms with E-state index >= 15 is 0 Å². The summed E-state index contributed by atoms with van der Waals surface area (Å²) in [7, 11) is 1.81. The SMILES string of the molecule is CN(Cc1ccc(N)cc1)c1ncccc1F. The molecule has 0 atom stereocenters. The van der Waals surface area contributed by atoms with Crippen LogP contribution in [0.25, 0.3) is 0 Å². The topological polar surface area (TPSA) is 42.1 Å². The first kappa shape index (κ1) is 11.4. The van der Waals surface area contributed by atoms with Crippen molar-refractivity contribution in [3.63, 3.8) is 0 Å². The number of benzene rings is 1. The molecule has 0 bridgehead atoms. The second kappa shape index (κ2) is 4.82. The van der Waals surface area contributed by atoms with Gasteiger partial charge in [-0.1, -0.05) is 12.1 Å². The van der Waals surface area contributed by atoms with Crippen molar-refractivity contribution in [1.29, 1.82) is 0 Å². The second-order valence-corrected chi connectivity index (χ2v) is 3.91. The molecule has 2 aromatic rings. The Hall–Kier alpha value is -2.10. The first-order valence-electron chi connectivity index (χ1n) is 5.33. The van der Waals surface area contributed by atoms with Gasteiger partial charge in [-0.15, -0.1) is 0 Å². The minimum atomic E-state index is -0.314. The van der Waals surface area contributed by atoms with E-state index in [-0.39, 0.29) is 5.82 Å².